The van der Waals surface area contributed by atoms with E-state index in [1.165, 1.54) is 6.33 Å². The van der Waals surface area contributed by atoms with E-state index in [4.69, 9.17) is 10.5 Å². The van der Waals surface area contributed by atoms with Crippen molar-refractivity contribution in [1.29, 1.82) is 0 Å². The lowest BCUT2D eigenvalue weighted by Gasteiger charge is -2.29. The van der Waals surface area contributed by atoms with Gasteiger partial charge in [0.05, 0.1) is 11.9 Å². The quantitative estimate of drug-likeness (QED) is 0.465. The third kappa shape index (κ3) is 4.65. The first-order valence-corrected chi connectivity index (χ1v) is 10.7. The molecular formula is C25H28N6O2. The van der Waals surface area contributed by atoms with Crippen molar-refractivity contribution in [2.75, 3.05) is 31.4 Å². The number of amides is 1. The number of anilines is 1. The summed E-state index contributed by atoms with van der Waals surface area (Å²) in [5.74, 6) is 1.77. The predicted octanol–water partition coefficient (Wildman–Crippen LogP) is 3.91. The third-order valence-electron chi connectivity index (χ3n) is 5.68. The van der Waals surface area contributed by atoms with Crippen molar-refractivity contribution < 1.29 is 9.53 Å². The largest absolute Gasteiger partial charge is 0.457 e. The van der Waals surface area contributed by atoms with E-state index in [1.54, 1.807) is 16.6 Å². The van der Waals surface area contributed by atoms with Crippen LogP contribution in [0.3, 0.4) is 0 Å². The number of para-hydroxylation sites is 1. The van der Waals surface area contributed by atoms with E-state index in [0.29, 0.717) is 23.4 Å². The Balaban J connectivity index is 1.75. The molecule has 2 aromatic heterocycles. The van der Waals surface area contributed by atoms with Gasteiger partial charge in [0, 0.05) is 24.7 Å². The molecule has 2 aromatic carbocycles. The second-order valence-electron chi connectivity index (χ2n) is 8.20. The molecule has 8 nitrogen and oxygen atoms in total. The number of nitrogen functional groups attached to an aromatic ring is 1. The van der Waals surface area contributed by atoms with Gasteiger partial charge in [-0.05, 0) is 50.8 Å². The van der Waals surface area contributed by atoms with Crippen LogP contribution in [0.25, 0.3) is 22.2 Å². The lowest BCUT2D eigenvalue weighted by Crippen LogP contribution is -2.46. The van der Waals surface area contributed by atoms with Crippen LogP contribution in [0.2, 0.25) is 0 Å². The fraction of sp³-hybridized carbons (Fsp3) is 0.240. The number of likely N-dealkylation sites (N-methyl/N-ethyl adjacent to an activating group) is 1. The molecule has 1 amide bonds. The molecule has 0 spiro atoms. The molecule has 0 aliphatic rings. The van der Waals surface area contributed by atoms with Gasteiger partial charge >= 0.3 is 0 Å². The lowest BCUT2D eigenvalue weighted by molar-refractivity contribution is -0.118. The van der Waals surface area contributed by atoms with Gasteiger partial charge in [-0.15, -0.1) is 0 Å². The van der Waals surface area contributed by atoms with Gasteiger partial charge in [0.1, 0.15) is 23.6 Å². The number of carbonyl (C=O) groups is 1. The molecular weight excluding hydrogens is 416 g/mol. The third-order valence-corrected chi connectivity index (χ3v) is 5.68. The Kier molecular flexibility index (Phi) is 6.28. The van der Waals surface area contributed by atoms with Crippen LogP contribution in [0.5, 0.6) is 11.5 Å². The maximum Gasteiger partial charge on any atom is 0.238 e. The zero-order valence-electron chi connectivity index (χ0n) is 19.3. The highest BCUT2D eigenvalue weighted by molar-refractivity contribution is 6.01. The van der Waals surface area contributed by atoms with Gasteiger partial charge in [-0.3, -0.25) is 4.79 Å². The number of aromatic nitrogens is 3. The Morgan fingerprint density at radius 2 is 1.73 bits per heavy atom. The van der Waals surface area contributed by atoms with E-state index < -0.39 is 0 Å². The van der Waals surface area contributed by atoms with Gasteiger partial charge < -0.3 is 15.4 Å². The smallest absolute Gasteiger partial charge is 0.238 e. The second kappa shape index (κ2) is 9.30. The number of nitrogens with two attached hydrogens (primary N) is 1. The molecule has 1 atom stereocenters. The molecule has 170 valence electrons. The van der Waals surface area contributed by atoms with E-state index >= 15 is 0 Å². The topological polar surface area (TPSA) is 89.5 Å². The van der Waals surface area contributed by atoms with Gasteiger partial charge in [-0.2, -0.15) is 0 Å². The van der Waals surface area contributed by atoms with E-state index in [2.05, 4.69) is 21.8 Å². The van der Waals surface area contributed by atoms with Crippen molar-refractivity contribution in [3.05, 3.63) is 67.1 Å². The number of nitrogens with zero attached hydrogens (tertiary/aromatic N) is 5. The zero-order valence-corrected chi connectivity index (χ0v) is 19.3. The van der Waals surface area contributed by atoms with Gasteiger partial charge in [0.2, 0.25) is 5.91 Å². The summed E-state index contributed by atoms with van der Waals surface area (Å²) < 4.78 is 7.69. The Bertz CT molecular complexity index is 1250. The summed E-state index contributed by atoms with van der Waals surface area (Å²) in [6.07, 6.45) is 3.31. The minimum absolute atomic E-state index is 0.0871. The molecule has 4 rings (SSSR count). The Morgan fingerprint density at radius 1 is 1.06 bits per heavy atom. The molecule has 0 aliphatic carbocycles. The monoisotopic (exact) mass is 444 g/mol. The number of carbonyl (C=O) groups excluding carboxylic acids is 1. The van der Waals surface area contributed by atoms with Crippen molar-refractivity contribution in [2.24, 2.45) is 0 Å². The molecule has 2 heterocycles. The molecule has 33 heavy (non-hydrogen) atoms. The Labute approximate surface area is 193 Å². The van der Waals surface area contributed by atoms with Crippen LogP contribution in [0, 0.1) is 0 Å². The molecule has 4 aromatic rings. The first-order valence-electron chi connectivity index (χ1n) is 10.7. The standard InChI is InChI=1S/C25H28N6O2/c1-17(29(3)4)14-30(18(2)32)31-15-22(23-24(26)27-16-28-25(23)31)19-10-12-21(13-11-19)33-20-8-6-5-7-9-20/h5-13,15-17H,14H2,1-4H3,(H2,26,27,28). The molecule has 1 unspecified atom stereocenters. The number of ether oxygens (including phenoxy) is 1. The van der Waals surface area contributed by atoms with Crippen molar-refractivity contribution in [3.8, 4) is 22.6 Å². The number of hydrogen-bond acceptors (Lipinski definition) is 6. The zero-order chi connectivity index (χ0) is 23.5. The van der Waals surface area contributed by atoms with Crippen LogP contribution in [-0.4, -0.2) is 52.1 Å². The summed E-state index contributed by atoms with van der Waals surface area (Å²) in [7, 11) is 3.98. The van der Waals surface area contributed by atoms with Crippen LogP contribution >= 0.6 is 0 Å². The van der Waals surface area contributed by atoms with Crippen LogP contribution in [0.4, 0.5) is 5.82 Å². The van der Waals surface area contributed by atoms with Gasteiger partial charge in [-0.1, -0.05) is 30.3 Å². The minimum atomic E-state index is -0.0871. The normalized spacial score (nSPS) is 12.2. The molecule has 0 saturated heterocycles. The number of benzene rings is 2. The summed E-state index contributed by atoms with van der Waals surface area (Å²) in [6.45, 7) is 4.12. The van der Waals surface area contributed by atoms with Crippen molar-refractivity contribution in [2.45, 2.75) is 19.9 Å². The van der Waals surface area contributed by atoms with Crippen molar-refractivity contribution >= 4 is 22.8 Å². The number of fused-ring (bicyclic) bond motifs is 1. The summed E-state index contributed by atoms with van der Waals surface area (Å²) in [5.41, 5.74) is 8.62. The van der Waals surface area contributed by atoms with E-state index in [1.807, 2.05) is 74.9 Å². The Morgan fingerprint density at radius 3 is 2.36 bits per heavy atom. The van der Waals surface area contributed by atoms with Crippen LogP contribution in [-0.2, 0) is 4.79 Å². The van der Waals surface area contributed by atoms with E-state index in [-0.39, 0.29) is 11.9 Å². The fourth-order valence-corrected chi connectivity index (χ4v) is 3.58. The van der Waals surface area contributed by atoms with Crippen molar-refractivity contribution in [3.63, 3.8) is 0 Å². The summed E-state index contributed by atoms with van der Waals surface area (Å²) in [5, 5.41) is 2.38. The van der Waals surface area contributed by atoms with Gasteiger partial charge in [0.15, 0.2) is 5.65 Å². The average Bonchev–Trinajstić information content (AvgIpc) is 3.19. The summed E-state index contributed by atoms with van der Waals surface area (Å²) >= 11 is 0. The minimum Gasteiger partial charge on any atom is -0.457 e. The second-order valence-corrected chi connectivity index (χ2v) is 8.20. The van der Waals surface area contributed by atoms with Crippen LogP contribution < -0.4 is 15.5 Å². The number of rotatable bonds is 7. The highest BCUT2D eigenvalue weighted by Crippen LogP contribution is 2.34. The van der Waals surface area contributed by atoms with Crippen molar-refractivity contribution in [1.82, 2.24) is 19.5 Å². The molecule has 0 saturated carbocycles. The van der Waals surface area contributed by atoms with E-state index in [0.717, 1.165) is 22.6 Å². The SMILES string of the molecule is CC(=O)N(CC(C)N(C)C)n1cc(-c2ccc(Oc3ccccc3)cc2)c2c(N)ncnc21. The maximum absolute atomic E-state index is 12.6. The highest BCUT2D eigenvalue weighted by Gasteiger charge is 2.22. The number of hydrogen-bond donors (Lipinski definition) is 1. The summed E-state index contributed by atoms with van der Waals surface area (Å²) in [4.78, 5) is 23.3. The van der Waals surface area contributed by atoms with Gasteiger partial charge in [0.25, 0.3) is 0 Å². The molecule has 0 bridgehead atoms. The van der Waals surface area contributed by atoms with Gasteiger partial charge in [-0.25, -0.2) is 19.7 Å². The van der Waals surface area contributed by atoms with Crippen LogP contribution in [0.15, 0.2) is 67.1 Å². The maximum atomic E-state index is 12.6. The molecule has 2 N–H and O–H groups in total. The Hall–Kier alpha value is -3.91. The first kappa shape index (κ1) is 22.3. The van der Waals surface area contributed by atoms with Crippen LogP contribution in [0.1, 0.15) is 13.8 Å². The molecule has 0 fully saturated rings. The highest BCUT2D eigenvalue weighted by atomic mass is 16.5. The molecule has 0 radical (unpaired) electrons. The average molecular weight is 445 g/mol. The summed E-state index contributed by atoms with van der Waals surface area (Å²) in [6, 6.07) is 17.5. The van der Waals surface area contributed by atoms with E-state index in [9.17, 15) is 4.79 Å². The molecule has 8 heteroatoms. The molecule has 0 aliphatic heterocycles. The predicted molar refractivity (Wildman–Crippen MR) is 131 cm³/mol. The fourth-order valence-electron chi connectivity index (χ4n) is 3.58. The lowest BCUT2D eigenvalue weighted by atomic mass is 10.1. The first-order chi connectivity index (χ1) is 15.8.